The third kappa shape index (κ3) is 4.23. The molecule has 0 atom stereocenters. The van der Waals surface area contributed by atoms with Crippen molar-refractivity contribution in [1.82, 2.24) is 0 Å². The van der Waals surface area contributed by atoms with Crippen LogP contribution >= 0.6 is 11.6 Å². The van der Waals surface area contributed by atoms with Crippen molar-refractivity contribution < 1.29 is 14.7 Å². The predicted octanol–water partition coefficient (Wildman–Crippen LogP) is 3.98. The van der Waals surface area contributed by atoms with Gasteiger partial charge in [0.15, 0.2) is 6.21 Å². The maximum atomic E-state index is 10.3. The van der Waals surface area contributed by atoms with E-state index < -0.39 is 5.97 Å². The fourth-order valence-corrected chi connectivity index (χ4v) is 2.02. The number of hydrogen-bond donors (Lipinski definition) is 2. The van der Waals surface area contributed by atoms with Crippen LogP contribution in [0.15, 0.2) is 47.6 Å². The second-order valence-electron chi connectivity index (χ2n) is 4.54. The molecule has 6 heteroatoms. The number of carbonyl (C=O) groups is 1. The fourth-order valence-electron chi connectivity index (χ4n) is 1.85. The number of anilines is 2. The number of carboxylic acids is 1. The van der Waals surface area contributed by atoms with E-state index in [1.54, 1.807) is 0 Å². The van der Waals surface area contributed by atoms with Gasteiger partial charge in [0.25, 0.3) is 0 Å². The first-order valence-corrected chi connectivity index (χ1v) is 6.94. The third-order valence-corrected chi connectivity index (χ3v) is 3.42. The molecule has 2 rings (SSSR count). The summed E-state index contributed by atoms with van der Waals surface area (Å²) in [6, 6.07) is 13.2. The summed E-state index contributed by atoms with van der Waals surface area (Å²) in [5.74, 6) is -1.15. The van der Waals surface area contributed by atoms with E-state index in [1.807, 2.05) is 49.4 Å². The van der Waals surface area contributed by atoms with Crippen molar-refractivity contribution in [1.29, 1.82) is 0 Å². The first-order valence-electron chi connectivity index (χ1n) is 6.56. The highest BCUT2D eigenvalue weighted by molar-refractivity contribution is 6.31. The molecule has 2 aromatic carbocycles. The van der Waals surface area contributed by atoms with E-state index >= 15 is 0 Å². The van der Waals surface area contributed by atoms with Crippen molar-refractivity contribution >= 4 is 35.2 Å². The Morgan fingerprint density at radius 3 is 2.77 bits per heavy atom. The Balaban J connectivity index is 2.14. The van der Waals surface area contributed by atoms with Gasteiger partial charge in [0.05, 0.1) is 0 Å². The molecule has 0 spiro atoms. The Morgan fingerprint density at radius 1 is 1.27 bits per heavy atom. The highest BCUT2D eigenvalue weighted by Crippen LogP contribution is 2.28. The van der Waals surface area contributed by atoms with Crippen LogP contribution in [0.3, 0.4) is 0 Å². The maximum absolute atomic E-state index is 10.3. The molecule has 5 nitrogen and oxygen atoms in total. The van der Waals surface area contributed by atoms with E-state index in [9.17, 15) is 4.79 Å². The maximum Gasteiger partial charge on any atom is 0.350 e. The van der Waals surface area contributed by atoms with Crippen LogP contribution in [-0.2, 0) is 16.2 Å². The number of rotatable bonds is 6. The standard InChI is InChI=1S/C16H15ClN2O3/c1-11-13(17)6-4-8-14(11)19-15-7-3-2-5-12(15)10-22-18-9-16(20)21/h2-9,19H,10H2,1H3,(H,20,21). The van der Waals surface area contributed by atoms with Crippen LogP contribution in [0.2, 0.25) is 5.02 Å². The summed E-state index contributed by atoms with van der Waals surface area (Å²) in [6.45, 7) is 2.09. The lowest BCUT2D eigenvalue weighted by Gasteiger charge is -2.14. The smallest absolute Gasteiger partial charge is 0.350 e. The van der Waals surface area contributed by atoms with Gasteiger partial charge in [-0.15, -0.1) is 0 Å². The van der Waals surface area contributed by atoms with Gasteiger partial charge in [-0.1, -0.05) is 41.0 Å². The van der Waals surface area contributed by atoms with E-state index in [1.165, 1.54) is 0 Å². The van der Waals surface area contributed by atoms with E-state index in [2.05, 4.69) is 10.5 Å². The fraction of sp³-hybridized carbons (Fsp3) is 0.125. The average molecular weight is 319 g/mol. The zero-order chi connectivity index (χ0) is 15.9. The van der Waals surface area contributed by atoms with Crippen LogP contribution in [0.1, 0.15) is 11.1 Å². The molecule has 0 bridgehead atoms. The number of hydrogen-bond acceptors (Lipinski definition) is 4. The van der Waals surface area contributed by atoms with Crippen molar-refractivity contribution in [2.24, 2.45) is 5.16 Å². The number of benzene rings is 2. The minimum absolute atomic E-state index is 0.159. The van der Waals surface area contributed by atoms with Crippen LogP contribution in [0.5, 0.6) is 0 Å². The number of oxime groups is 1. The molecule has 0 aliphatic carbocycles. The molecule has 114 valence electrons. The number of halogens is 1. The summed E-state index contributed by atoms with van der Waals surface area (Å²) in [5.41, 5.74) is 3.54. The van der Waals surface area contributed by atoms with Gasteiger partial charge in [-0.3, -0.25) is 0 Å². The van der Waals surface area contributed by atoms with Crippen LogP contribution in [-0.4, -0.2) is 17.3 Å². The monoisotopic (exact) mass is 318 g/mol. The number of aliphatic carboxylic acids is 1. The summed E-state index contributed by atoms with van der Waals surface area (Å²) in [7, 11) is 0. The van der Waals surface area contributed by atoms with E-state index in [4.69, 9.17) is 21.5 Å². The molecule has 0 aliphatic rings. The molecule has 0 fully saturated rings. The second kappa shape index (κ2) is 7.47. The SMILES string of the molecule is Cc1c(Cl)cccc1Nc1ccccc1CON=CC(=O)O. The van der Waals surface area contributed by atoms with E-state index in [-0.39, 0.29) is 6.61 Å². The molecule has 0 aromatic heterocycles. The molecular formula is C16H15ClN2O3. The van der Waals surface area contributed by atoms with Crippen LogP contribution in [0, 0.1) is 6.92 Å². The molecule has 0 aliphatic heterocycles. The van der Waals surface area contributed by atoms with E-state index in [0.29, 0.717) is 11.2 Å². The Hall–Kier alpha value is -2.53. The lowest BCUT2D eigenvalue weighted by atomic mass is 10.1. The molecule has 2 N–H and O–H groups in total. The van der Waals surface area contributed by atoms with Crippen molar-refractivity contribution in [2.75, 3.05) is 5.32 Å². The largest absolute Gasteiger partial charge is 0.477 e. The molecule has 2 aromatic rings. The van der Waals surface area contributed by atoms with Crippen LogP contribution in [0.25, 0.3) is 0 Å². The Kier molecular flexibility index (Phi) is 5.38. The number of carboxylic acid groups (broad SMARTS) is 1. The summed E-state index contributed by atoms with van der Waals surface area (Å²) in [5, 5.41) is 15.8. The van der Waals surface area contributed by atoms with Gasteiger partial charge in [-0.2, -0.15) is 0 Å². The molecule has 0 radical (unpaired) electrons. The number of para-hydroxylation sites is 1. The van der Waals surface area contributed by atoms with Gasteiger partial charge in [0, 0.05) is 22.0 Å². The first kappa shape index (κ1) is 15.9. The molecular weight excluding hydrogens is 304 g/mol. The molecule has 0 heterocycles. The molecule has 0 saturated heterocycles. The molecule has 22 heavy (non-hydrogen) atoms. The second-order valence-corrected chi connectivity index (χ2v) is 4.95. The van der Waals surface area contributed by atoms with Crippen molar-refractivity contribution in [3.63, 3.8) is 0 Å². The summed E-state index contributed by atoms with van der Waals surface area (Å²) in [4.78, 5) is 15.3. The summed E-state index contributed by atoms with van der Waals surface area (Å²) in [6.07, 6.45) is 0.706. The van der Waals surface area contributed by atoms with Gasteiger partial charge in [-0.25, -0.2) is 4.79 Å². The highest BCUT2D eigenvalue weighted by Gasteiger charge is 2.06. The zero-order valence-electron chi connectivity index (χ0n) is 11.9. The molecule has 0 unspecified atom stereocenters. The normalized spacial score (nSPS) is 10.6. The summed E-state index contributed by atoms with van der Waals surface area (Å²) >= 11 is 6.11. The van der Waals surface area contributed by atoms with Gasteiger partial charge in [-0.05, 0) is 30.7 Å². The lowest BCUT2D eigenvalue weighted by Crippen LogP contribution is -2.00. The number of nitrogens with zero attached hydrogens (tertiary/aromatic N) is 1. The predicted molar refractivity (Wildman–Crippen MR) is 86.8 cm³/mol. The van der Waals surface area contributed by atoms with Crippen molar-refractivity contribution in [3.05, 3.63) is 58.6 Å². The Morgan fingerprint density at radius 2 is 2.00 bits per heavy atom. The third-order valence-electron chi connectivity index (χ3n) is 3.01. The van der Waals surface area contributed by atoms with Crippen molar-refractivity contribution in [2.45, 2.75) is 13.5 Å². The molecule has 0 amide bonds. The van der Waals surface area contributed by atoms with Crippen molar-refractivity contribution in [3.8, 4) is 0 Å². The Labute approximate surface area is 133 Å². The quantitative estimate of drug-likeness (QED) is 0.624. The van der Waals surface area contributed by atoms with Gasteiger partial charge >= 0.3 is 5.97 Å². The minimum atomic E-state index is -1.15. The number of nitrogens with one attached hydrogen (secondary N) is 1. The van der Waals surface area contributed by atoms with Gasteiger partial charge in [0.1, 0.15) is 6.61 Å². The lowest BCUT2D eigenvalue weighted by molar-refractivity contribution is -0.129. The zero-order valence-corrected chi connectivity index (χ0v) is 12.7. The van der Waals surface area contributed by atoms with Gasteiger partial charge < -0.3 is 15.3 Å². The first-order chi connectivity index (χ1) is 10.6. The van der Waals surface area contributed by atoms with E-state index in [0.717, 1.165) is 22.5 Å². The average Bonchev–Trinajstić information content (AvgIpc) is 2.49. The van der Waals surface area contributed by atoms with Crippen LogP contribution in [0.4, 0.5) is 11.4 Å². The van der Waals surface area contributed by atoms with Crippen LogP contribution < -0.4 is 5.32 Å². The molecule has 0 saturated carbocycles. The summed E-state index contributed by atoms with van der Waals surface area (Å²) < 4.78 is 0. The Bertz CT molecular complexity index is 702. The van der Waals surface area contributed by atoms with Gasteiger partial charge in [0.2, 0.25) is 0 Å². The minimum Gasteiger partial charge on any atom is -0.477 e. The topological polar surface area (TPSA) is 70.9 Å². The highest BCUT2D eigenvalue weighted by atomic mass is 35.5.